The van der Waals surface area contributed by atoms with E-state index in [2.05, 4.69) is 27.8 Å². The molecule has 0 radical (unpaired) electrons. The summed E-state index contributed by atoms with van der Waals surface area (Å²) in [5.74, 6) is 0. The van der Waals surface area contributed by atoms with Crippen molar-refractivity contribution in [2.75, 3.05) is 0 Å². The Morgan fingerprint density at radius 2 is 2.33 bits per heavy atom. The molecule has 0 aliphatic heterocycles. The third kappa shape index (κ3) is 1.95. The first-order valence-electron chi connectivity index (χ1n) is 4.87. The lowest BCUT2D eigenvalue weighted by Gasteiger charge is -2.04. The first-order valence-corrected chi connectivity index (χ1v) is 5.66. The highest BCUT2D eigenvalue weighted by Gasteiger charge is 2.03. The van der Waals surface area contributed by atoms with E-state index < -0.39 is 0 Å². The van der Waals surface area contributed by atoms with Gasteiger partial charge in [0.2, 0.25) is 0 Å². The van der Waals surface area contributed by atoms with Gasteiger partial charge in [-0.3, -0.25) is 9.78 Å². The zero-order valence-corrected chi connectivity index (χ0v) is 9.99. The quantitative estimate of drug-likeness (QED) is 0.838. The van der Waals surface area contributed by atoms with Crippen molar-refractivity contribution < 1.29 is 0 Å². The van der Waals surface area contributed by atoms with E-state index in [4.69, 9.17) is 0 Å². The van der Waals surface area contributed by atoms with E-state index in [0.717, 1.165) is 23.0 Å². The average Bonchev–Trinajstić information content (AvgIpc) is 2.23. The summed E-state index contributed by atoms with van der Waals surface area (Å²) in [6.45, 7) is 2.80. The minimum Gasteiger partial charge on any atom is -0.315 e. The number of fused-ring (bicyclic) bond motifs is 1. The van der Waals surface area contributed by atoms with Crippen molar-refractivity contribution in [1.29, 1.82) is 0 Å². The molecule has 4 heteroatoms. The van der Waals surface area contributed by atoms with Gasteiger partial charge in [0, 0.05) is 23.4 Å². The van der Waals surface area contributed by atoms with Gasteiger partial charge in [0.1, 0.15) is 0 Å². The van der Waals surface area contributed by atoms with Crippen LogP contribution in [0.15, 0.2) is 33.8 Å². The van der Waals surface area contributed by atoms with Gasteiger partial charge < -0.3 is 4.57 Å². The van der Waals surface area contributed by atoms with Crippen LogP contribution in [0.1, 0.15) is 13.3 Å². The lowest BCUT2D eigenvalue weighted by molar-refractivity contribution is 0.659. The van der Waals surface area contributed by atoms with Crippen LogP contribution in [-0.2, 0) is 6.54 Å². The topological polar surface area (TPSA) is 34.9 Å². The molecule has 2 aromatic rings. The maximum atomic E-state index is 12.0. The Labute approximate surface area is 95.9 Å². The number of aromatic nitrogens is 2. The number of hydrogen-bond donors (Lipinski definition) is 0. The highest BCUT2D eigenvalue weighted by atomic mass is 79.9. The predicted molar refractivity (Wildman–Crippen MR) is 64.0 cm³/mol. The van der Waals surface area contributed by atoms with Crippen molar-refractivity contribution in [3.63, 3.8) is 0 Å². The summed E-state index contributed by atoms with van der Waals surface area (Å²) >= 11 is 3.32. The minimum absolute atomic E-state index is 0.0307. The Morgan fingerprint density at radius 1 is 1.53 bits per heavy atom. The van der Waals surface area contributed by atoms with Crippen LogP contribution in [-0.4, -0.2) is 9.55 Å². The Morgan fingerprint density at radius 3 is 3.07 bits per heavy atom. The smallest absolute Gasteiger partial charge is 0.260 e. The summed E-state index contributed by atoms with van der Waals surface area (Å²) < 4.78 is 2.55. The molecule has 0 fully saturated rings. The molecule has 0 atom stereocenters. The molecule has 0 saturated carbocycles. The van der Waals surface area contributed by atoms with Crippen molar-refractivity contribution in [3.05, 3.63) is 39.4 Å². The van der Waals surface area contributed by atoms with Crippen molar-refractivity contribution in [2.45, 2.75) is 19.9 Å². The van der Waals surface area contributed by atoms with E-state index in [1.54, 1.807) is 17.0 Å². The predicted octanol–water partition coefficient (Wildman–Crippen LogP) is 2.57. The van der Waals surface area contributed by atoms with E-state index in [1.165, 1.54) is 0 Å². The molecule has 3 nitrogen and oxygen atoms in total. The van der Waals surface area contributed by atoms with Crippen molar-refractivity contribution in [2.24, 2.45) is 0 Å². The van der Waals surface area contributed by atoms with Gasteiger partial charge in [0.05, 0.1) is 10.9 Å². The zero-order valence-electron chi connectivity index (χ0n) is 8.40. The molecule has 0 aliphatic rings. The molecule has 0 unspecified atom stereocenters. The summed E-state index contributed by atoms with van der Waals surface area (Å²) in [4.78, 5) is 16.2. The van der Waals surface area contributed by atoms with Crippen LogP contribution < -0.4 is 5.56 Å². The lowest BCUT2D eigenvalue weighted by Crippen LogP contribution is -2.19. The van der Waals surface area contributed by atoms with Crippen LogP contribution in [0, 0.1) is 0 Å². The first-order chi connectivity index (χ1) is 7.22. The second-order valence-corrected chi connectivity index (χ2v) is 4.32. The van der Waals surface area contributed by atoms with Crippen LogP contribution in [0.3, 0.4) is 0 Å². The molecular weight excluding hydrogens is 256 g/mol. The fourth-order valence-corrected chi connectivity index (χ4v) is 1.89. The van der Waals surface area contributed by atoms with E-state index in [-0.39, 0.29) is 5.56 Å². The van der Waals surface area contributed by atoms with Gasteiger partial charge in [0.25, 0.3) is 5.56 Å². The molecule has 2 heterocycles. The standard InChI is InChI=1S/C11H11BrN2O/c1-2-4-14-5-3-10-9(11(14)15)6-8(12)7-13-10/h3,5-7H,2,4H2,1H3. The fraction of sp³-hybridized carbons (Fsp3) is 0.273. The van der Waals surface area contributed by atoms with Crippen molar-refractivity contribution in [3.8, 4) is 0 Å². The molecule has 78 valence electrons. The van der Waals surface area contributed by atoms with E-state index in [1.807, 2.05) is 12.1 Å². The van der Waals surface area contributed by atoms with Crippen LogP contribution in [0.25, 0.3) is 10.9 Å². The van der Waals surface area contributed by atoms with Gasteiger partial charge in [-0.05, 0) is 34.5 Å². The normalized spacial score (nSPS) is 10.8. The van der Waals surface area contributed by atoms with Crippen LogP contribution >= 0.6 is 15.9 Å². The molecule has 0 amide bonds. The monoisotopic (exact) mass is 266 g/mol. The Hall–Kier alpha value is -1.16. The van der Waals surface area contributed by atoms with Crippen LogP contribution in [0.5, 0.6) is 0 Å². The molecule has 2 rings (SSSR count). The Balaban J connectivity index is 2.71. The number of pyridine rings is 2. The number of halogens is 1. The third-order valence-corrected chi connectivity index (χ3v) is 2.69. The SMILES string of the molecule is CCCn1ccc2ncc(Br)cc2c1=O. The molecule has 0 N–H and O–H groups in total. The second kappa shape index (κ2) is 4.14. The summed E-state index contributed by atoms with van der Waals surface area (Å²) in [5.41, 5.74) is 0.777. The van der Waals surface area contributed by atoms with Crippen LogP contribution in [0.4, 0.5) is 0 Å². The van der Waals surface area contributed by atoms with Gasteiger partial charge in [-0.15, -0.1) is 0 Å². The molecule has 2 aromatic heterocycles. The number of hydrogen-bond acceptors (Lipinski definition) is 2. The number of nitrogens with zero attached hydrogens (tertiary/aromatic N) is 2. The van der Waals surface area contributed by atoms with E-state index in [9.17, 15) is 4.79 Å². The molecular formula is C11H11BrN2O. The van der Waals surface area contributed by atoms with Gasteiger partial charge in [-0.25, -0.2) is 0 Å². The van der Waals surface area contributed by atoms with Gasteiger partial charge in [-0.2, -0.15) is 0 Å². The van der Waals surface area contributed by atoms with Gasteiger partial charge >= 0.3 is 0 Å². The first kappa shape index (κ1) is 10.4. The number of rotatable bonds is 2. The maximum absolute atomic E-state index is 12.0. The van der Waals surface area contributed by atoms with Crippen molar-refractivity contribution >= 4 is 26.8 Å². The van der Waals surface area contributed by atoms with E-state index >= 15 is 0 Å². The molecule has 0 bridgehead atoms. The molecule has 15 heavy (non-hydrogen) atoms. The molecule has 0 spiro atoms. The van der Waals surface area contributed by atoms with Gasteiger partial charge in [-0.1, -0.05) is 6.92 Å². The minimum atomic E-state index is 0.0307. The lowest BCUT2D eigenvalue weighted by atomic mass is 10.2. The molecule has 0 saturated heterocycles. The molecule has 0 aromatic carbocycles. The average molecular weight is 267 g/mol. The number of aryl methyl sites for hydroxylation is 1. The summed E-state index contributed by atoms with van der Waals surface area (Å²) in [6.07, 6.45) is 4.45. The van der Waals surface area contributed by atoms with E-state index in [0.29, 0.717) is 5.39 Å². The summed E-state index contributed by atoms with van der Waals surface area (Å²) in [5, 5.41) is 0.667. The molecule has 0 aliphatic carbocycles. The third-order valence-electron chi connectivity index (χ3n) is 2.25. The Kier molecular flexibility index (Phi) is 2.86. The zero-order chi connectivity index (χ0) is 10.8. The van der Waals surface area contributed by atoms with Crippen molar-refractivity contribution in [1.82, 2.24) is 9.55 Å². The van der Waals surface area contributed by atoms with Gasteiger partial charge in [0.15, 0.2) is 0 Å². The maximum Gasteiger partial charge on any atom is 0.260 e. The summed E-state index contributed by atoms with van der Waals surface area (Å²) in [6, 6.07) is 3.69. The summed E-state index contributed by atoms with van der Waals surface area (Å²) in [7, 11) is 0. The second-order valence-electron chi connectivity index (χ2n) is 3.40. The highest BCUT2D eigenvalue weighted by Crippen LogP contribution is 2.13. The Bertz CT molecular complexity index is 548. The van der Waals surface area contributed by atoms with Crippen LogP contribution in [0.2, 0.25) is 0 Å². The highest BCUT2D eigenvalue weighted by molar-refractivity contribution is 9.10. The fourth-order valence-electron chi connectivity index (χ4n) is 1.55. The largest absolute Gasteiger partial charge is 0.315 e.